The molecule has 102 valence electrons. The van der Waals surface area contributed by atoms with Crippen LogP contribution in [0.4, 0.5) is 13.2 Å². The topological polar surface area (TPSA) is 12.0 Å². The van der Waals surface area contributed by atoms with E-state index in [1.165, 1.54) is 11.3 Å². The van der Waals surface area contributed by atoms with Crippen molar-refractivity contribution in [2.75, 3.05) is 7.05 Å². The zero-order valence-electron chi connectivity index (χ0n) is 10.2. The SMILES string of the molecule is CNC(c1scc(C)c1Cl)c1c(F)cc(F)cc1F. The first-order valence-corrected chi connectivity index (χ1v) is 6.76. The van der Waals surface area contributed by atoms with E-state index in [1.807, 2.05) is 6.92 Å². The first-order chi connectivity index (χ1) is 8.95. The number of rotatable bonds is 3. The van der Waals surface area contributed by atoms with Gasteiger partial charge in [0.25, 0.3) is 0 Å². The molecule has 1 atom stereocenters. The summed E-state index contributed by atoms with van der Waals surface area (Å²) in [7, 11) is 1.57. The van der Waals surface area contributed by atoms with E-state index in [4.69, 9.17) is 11.6 Å². The summed E-state index contributed by atoms with van der Waals surface area (Å²) < 4.78 is 40.6. The highest BCUT2D eigenvalue weighted by Crippen LogP contribution is 2.37. The molecule has 0 amide bonds. The van der Waals surface area contributed by atoms with Gasteiger partial charge in [0.05, 0.1) is 11.1 Å². The Morgan fingerprint density at radius 3 is 2.21 bits per heavy atom. The largest absolute Gasteiger partial charge is 0.308 e. The van der Waals surface area contributed by atoms with Gasteiger partial charge in [-0.3, -0.25) is 0 Å². The molecule has 1 aromatic heterocycles. The average Bonchev–Trinajstić information content (AvgIpc) is 2.65. The maximum absolute atomic E-state index is 13.8. The molecule has 0 fully saturated rings. The summed E-state index contributed by atoms with van der Waals surface area (Å²) >= 11 is 7.42. The lowest BCUT2D eigenvalue weighted by Crippen LogP contribution is -2.20. The Kier molecular flexibility index (Phi) is 4.18. The van der Waals surface area contributed by atoms with Crippen LogP contribution in [0.1, 0.15) is 22.0 Å². The molecular weight excluding hydrogens is 295 g/mol. The Balaban J connectivity index is 2.58. The van der Waals surface area contributed by atoms with Crippen molar-refractivity contribution in [3.05, 3.63) is 56.0 Å². The molecule has 0 saturated carbocycles. The summed E-state index contributed by atoms with van der Waals surface area (Å²) in [5.74, 6) is -2.81. The van der Waals surface area contributed by atoms with E-state index in [2.05, 4.69) is 5.32 Å². The molecular formula is C13H11ClF3NS. The van der Waals surface area contributed by atoms with Crippen molar-refractivity contribution in [3.63, 3.8) is 0 Å². The Morgan fingerprint density at radius 1 is 1.21 bits per heavy atom. The summed E-state index contributed by atoms with van der Waals surface area (Å²) in [6.07, 6.45) is 0. The van der Waals surface area contributed by atoms with E-state index in [-0.39, 0.29) is 5.56 Å². The first kappa shape index (κ1) is 14.4. The van der Waals surface area contributed by atoms with Crippen LogP contribution in [-0.4, -0.2) is 7.05 Å². The lowest BCUT2D eigenvalue weighted by Gasteiger charge is -2.17. The van der Waals surface area contributed by atoms with Crippen LogP contribution in [0.15, 0.2) is 17.5 Å². The lowest BCUT2D eigenvalue weighted by atomic mass is 10.0. The van der Waals surface area contributed by atoms with Gasteiger partial charge in [-0.05, 0) is 24.9 Å². The van der Waals surface area contributed by atoms with Crippen LogP contribution in [0, 0.1) is 24.4 Å². The fourth-order valence-corrected chi connectivity index (χ4v) is 3.30. The highest BCUT2D eigenvalue weighted by atomic mass is 35.5. The normalized spacial score (nSPS) is 12.7. The van der Waals surface area contributed by atoms with E-state index in [0.717, 1.165) is 5.56 Å². The molecule has 0 bridgehead atoms. The van der Waals surface area contributed by atoms with Gasteiger partial charge in [0.15, 0.2) is 0 Å². The van der Waals surface area contributed by atoms with Crippen LogP contribution in [0.5, 0.6) is 0 Å². The third kappa shape index (κ3) is 2.63. The van der Waals surface area contributed by atoms with Gasteiger partial charge in [0, 0.05) is 22.6 Å². The minimum atomic E-state index is -0.943. The maximum atomic E-state index is 13.8. The Labute approximate surface area is 118 Å². The number of halogens is 4. The number of hydrogen-bond acceptors (Lipinski definition) is 2. The quantitative estimate of drug-likeness (QED) is 0.884. The van der Waals surface area contributed by atoms with Crippen LogP contribution in [0.3, 0.4) is 0 Å². The van der Waals surface area contributed by atoms with Gasteiger partial charge in [0.2, 0.25) is 0 Å². The van der Waals surface area contributed by atoms with Gasteiger partial charge in [-0.15, -0.1) is 11.3 Å². The zero-order valence-corrected chi connectivity index (χ0v) is 11.8. The highest BCUT2D eigenvalue weighted by molar-refractivity contribution is 7.10. The smallest absolute Gasteiger partial charge is 0.134 e. The standard InChI is InChI=1S/C13H11ClF3NS/c1-6-5-19-13(11(6)14)12(18-2)10-8(16)3-7(15)4-9(10)17/h3-5,12,18H,1-2H3. The molecule has 0 radical (unpaired) electrons. The third-order valence-electron chi connectivity index (χ3n) is 2.81. The van der Waals surface area contributed by atoms with Crippen molar-refractivity contribution >= 4 is 22.9 Å². The number of benzene rings is 1. The molecule has 1 heterocycles. The molecule has 1 aromatic carbocycles. The molecule has 0 aliphatic carbocycles. The van der Waals surface area contributed by atoms with Crippen LogP contribution in [-0.2, 0) is 0 Å². The summed E-state index contributed by atoms with van der Waals surface area (Å²) in [6, 6.07) is 0.584. The highest BCUT2D eigenvalue weighted by Gasteiger charge is 2.25. The summed E-state index contributed by atoms with van der Waals surface area (Å²) in [4.78, 5) is 0.603. The van der Waals surface area contributed by atoms with Crippen LogP contribution < -0.4 is 5.32 Å². The van der Waals surface area contributed by atoms with Crippen molar-refractivity contribution in [1.29, 1.82) is 0 Å². The third-order valence-corrected chi connectivity index (χ3v) is 4.59. The van der Waals surface area contributed by atoms with Crippen molar-refractivity contribution in [2.24, 2.45) is 0 Å². The second kappa shape index (κ2) is 5.53. The fourth-order valence-electron chi connectivity index (χ4n) is 1.88. The van der Waals surface area contributed by atoms with Gasteiger partial charge in [-0.25, -0.2) is 13.2 Å². The Hall–Kier alpha value is -1.04. The van der Waals surface area contributed by atoms with E-state index >= 15 is 0 Å². The van der Waals surface area contributed by atoms with Crippen molar-refractivity contribution in [2.45, 2.75) is 13.0 Å². The van der Waals surface area contributed by atoms with Gasteiger partial charge in [0.1, 0.15) is 17.5 Å². The summed E-state index contributed by atoms with van der Waals surface area (Å²) in [5.41, 5.74) is 0.609. The van der Waals surface area contributed by atoms with Crippen LogP contribution in [0.25, 0.3) is 0 Å². The minimum absolute atomic E-state index is 0.229. The molecule has 0 aliphatic heterocycles. The monoisotopic (exact) mass is 305 g/mol. The predicted octanol–water partition coefficient (Wildman–Crippen LogP) is 4.44. The number of hydrogen-bond donors (Lipinski definition) is 1. The lowest BCUT2D eigenvalue weighted by molar-refractivity contribution is 0.502. The number of aryl methyl sites for hydroxylation is 1. The molecule has 0 spiro atoms. The molecule has 0 aliphatic rings. The molecule has 1 nitrogen and oxygen atoms in total. The van der Waals surface area contributed by atoms with E-state index in [1.54, 1.807) is 12.4 Å². The summed E-state index contributed by atoms with van der Waals surface area (Å²) in [5, 5.41) is 5.09. The molecule has 2 aromatic rings. The van der Waals surface area contributed by atoms with Crippen LogP contribution in [0.2, 0.25) is 5.02 Å². The second-order valence-corrected chi connectivity index (χ2v) is 5.39. The molecule has 6 heteroatoms. The minimum Gasteiger partial charge on any atom is -0.308 e. The average molecular weight is 306 g/mol. The van der Waals surface area contributed by atoms with E-state index < -0.39 is 23.5 Å². The summed E-state index contributed by atoms with van der Waals surface area (Å²) in [6.45, 7) is 1.81. The van der Waals surface area contributed by atoms with Crippen LogP contribution >= 0.6 is 22.9 Å². The Morgan fingerprint density at radius 2 is 1.79 bits per heavy atom. The predicted molar refractivity (Wildman–Crippen MR) is 71.3 cm³/mol. The van der Waals surface area contributed by atoms with E-state index in [9.17, 15) is 13.2 Å². The Bertz CT molecular complexity index is 589. The molecule has 1 N–H and O–H groups in total. The molecule has 0 saturated heterocycles. The fraction of sp³-hybridized carbons (Fsp3) is 0.231. The number of thiophene rings is 1. The van der Waals surface area contributed by atoms with Crippen molar-refractivity contribution < 1.29 is 13.2 Å². The number of nitrogens with one attached hydrogen (secondary N) is 1. The van der Waals surface area contributed by atoms with Crippen molar-refractivity contribution in [1.82, 2.24) is 5.32 Å². The molecule has 2 rings (SSSR count). The maximum Gasteiger partial charge on any atom is 0.134 e. The van der Waals surface area contributed by atoms with Crippen molar-refractivity contribution in [3.8, 4) is 0 Å². The van der Waals surface area contributed by atoms with Gasteiger partial charge in [-0.2, -0.15) is 0 Å². The van der Waals surface area contributed by atoms with E-state index in [0.29, 0.717) is 22.0 Å². The second-order valence-electron chi connectivity index (χ2n) is 4.10. The first-order valence-electron chi connectivity index (χ1n) is 5.51. The molecule has 1 unspecified atom stereocenters. The van der Waals surface area contributed by atoms with Gasteiger partial charge < -0.3 is 5.32 Å². The molecule has 19 heavy (non-hydrogen) atoms. The zero-order chi connectivity index (χ0) is 14.2. The van der Waals surface area contributed by atoms with Gasteiger partial charge >= 0.3 is 0 Å². The van der Waals surface area contributed by atoms with Gasteiger partial charge in [-0.1, -0.05) is 11.6 Å².